The van der Waals surface area contributed by atoms with Crippen LogP contribution in [-0.2, 0) is 14.3 Å². The number of rotatable bonds is 7. The van der Waals surface area contributed by atoms with Crippen molar-refractivity contribution in [3.8, 4) is 11.5 Å². The number of likely N-dealkylation sites (tertiary alicyclic amines) is 1. The summed E-state index contributed by atoms with van der Waals surface area (Å²) >= 11 is 6.04. The van der Waals surface area contributed by atoms with E-state index in [1.54, 1.807) is 6.07 Å². The number of ether oxygens (including phenoxy) is 3. The molecule has 3 rings (SSSR count). The van der Waals surface area contributed by atoms with Crippen molar-refractivity contribution in [2.24, 2.45) is 0 Å². The van der Waals surface area contributed by atoms with Crippen LogP contribution < -0.4 is 14.8 Å². The summed E-state index contributed by atoms with van der Waals surface area (Å²) in [6.07, 6.45) is 2.50. The number of halogens is 1. The smallest absolute Gasteiger partial charge is 0.329 e. The molecule has 30 heavy (non-hydrogen) atoms. The third-order valence-corrected chi connectivity index (χ3v) is 4.91. The van der Waals surface area contributed by atoms with Gasteiger partial charge in [0.05, 0.1) is 31.2 Å². The van der Waals surface area contributed by atoms with Crippen LogP contribution in [0.15, 0.2) is 34.9 Å². The Bertz CT molecular complexity index is 929. The van der Waals surface area contributed by atoms with Crippen LogP contribution in [0.3, 0.4) is 0 Å². The number of nitrogens with zero attached hydrogens (tertiary/aromatic N) is 1. The number of hydrogen-bond acceptors (Lipinski definition) is 7. The number of benzene rings is 1. The van der Waals surface area contributed by atoms with Gasteiger partial charge < -0.3 is 28.8 Å². The number of hydrogen-bond donors (Lipinski definition) is 1. The average molecular weight is 437 g/mol. The minimum absolute atomic E-state index is 0.149. The van der Waals surface area contributed by atoms with E-state index in [-0.39, 0.29) is 11.7 Å². The topological polar surface area (TPSA) is 107 Å². The number of methoxy groups -OCH3 is 2. The van der Waals surface area contributed by atoms with E-state index in [4.69, 9.17) is 30.2 Å². The van der Waals surface area contributed by atoms with E-state index < -0.39 is 24.5 Å². The van der Waals surface area contributed by atoms with Gasteiger partial charge in [-0.1, -0.05) is 11.6 Å². The highest BCUT2D eigenvalue weighted by atomic mass is 35.5. The Morgan fingerprint density at radius 3 is 2.67 bits per heavy atom. The van der Waals surface area contributed by atoms with Crippen molar-refractivity contribution in [3.63, 3.8) is 0 Å². The number of amides is 2. The van der Waals surface area contributed by atoms with Crippen LogP contribution in [0.25, 0.3) is 0 Å². The first kappa shape index (κ1) is 21.5. The maximum atomic E-state index is 12.5. The molecule has 9 nitrogen and oxygen atoms in total. The molecule has 0 unspecified atom stereocenters. The molecule has 0 aliphatic carbocycles. The Morgan fingerprint density at radius 1 is 1.23 bits per heavy atom. The van der Waals surface area contributed by atoms with Crippen molar-refractivity contribution in [2.75, 3.05) is 32.7 Å². The fraction of sp³-hybridized carbons (Fsp3) is 0.350. The maximum Gasteiger partial charge on any atom is 0.329 e. The lowest BCUT2D eigenvalue weighted by Crippen LogP contribution is -2.42. The van der Waals surface area contributed by atoms with E-state index in [9.17, 15) is 14.4 Å². The second-order valence-corrected chi connectivity index (χ2v) is 6.88. The first-order valence-corrected chi connectivity index (χ1v) is 9.55. The van der Waals surface area contributed by atoms with Gasteiger partial charge in [-0.25, -0.2) is 4.79 Å². The predicted molar refractivity (Wildman–Crippen MR) is 107 cm³/mol. The van der Waals surface area contributed by atoms with Crippen LogP contribution in [0, 0.1) is 0 Å². The van der Waals surface area contributed by atoms with E-state index in [1.165, 1.54) is 43.6 Å². The van der Waals surface area contributed by atoms with E-state index >= 15 is 0 Å². The van der Waals surface area contributed by atoms with Gasteiger partial charge in [0, 0.05) is 18.7 Å². The Morgan fingerprint density at radius 2 is 2.00 bits per heavy atom. The number of esters is 1. The molecule has 1 atom stereocenters. The summed E-state index contributed by atoms with van der Waals surface area (Å²) < 4.78 is 20.6. The predicted octanol–water partition coefficient (Wildman–Crippen LogP) is 2.74. The highest BCUT2D eigenvalue weighted by molar-refractivity contribution is 6.32. The molecule has 0 saturated carbocycles. The van der Waals surface area contributed by atoms with Gasteiger partial charge in [0.2, 0.25) is 0 Å². The molecule has 1 N–H and O–H groups in total. The molecule has 2 heterocycles. The quantitative estimate of drug-likeness (QED) is 0.665. The third-order valence-electron chi connectivity index (χ3n) is 4.61. The Labute approximate surface area is 177 Å². The minimum atomic E-state index is -0.763. The van der Waals surface area contributed by atoms with Gasteiger partial charge in [-0.05, 0) is 25.0 Å². The van der Waals surface area contributed by atoms with Crippen molar-refractivity contribution in [3.05, 3.63) is 41.3 Å². The zero-order chi connectivity index (χ0) is 21.7. The molecule has 0 bridgehead atoms. The molecule has 1 fully saturated rings. The molecule has 10 heteroatoms. The molecule has 0 radical (unpaired) electrons. The Kier molecular flexibility index (Phi) is 6.83. The first-order valence-electron chi connectivity index (χ1n) is 9.17. The van der Waals surface area contributed by atoms with E-state index in [2.05, 4.69) is 5.32 Å². The molecule has 0 spiro atoms. The monoisotopic (exact) mass is 436 g/mol. The number of furan rings is 1. The van der Waals surface area contributed by atoms with Crippen molar-refractivity contribution in [2.45, 2.75) is 18.9 Å². The van der Waals surface area contributed by atoms with Gasteiger partial charge in [-0.15, -0.1) is 0 Å². The van der Waals surface area contributed by atoms with Crippen molar-refractivity contribution >= 4 is 35.1 Å². The van der Waals surface area contributed by atoms with Gasteiger partial charge in [-0.3, -0.25) is 9.59 Å². The van der Waals surface area contributed by atoms with Crippen LogP contribution in [0.5, 0.6) is 11.5 Å². The van der Waals surface area contributed by atoms with E-state index in [0.29, 0.717) is 41.6 Å². The molecular formula is C20H21ClN2O7. The number of anilines is 1. The zero-order valence-electron chi connectivity index (χ0n) is 16.5. The van der Waals surface area contributed by atoms with Gasteiger partial charge in [0.1, 0.15) is 17.5 Å². The molecular weight excluding hydrogens is 416 g/mol. The largest absolute Gasteiger partial charge is 0.495 e. The van der Waals surface area contributed by atoms with Crippen LogP contribution in [0.4, 0.5) is 5.69 Å². The molecule has 1 aliphatic rings. The molecule has 1 aromatic heterocycles. The second-order valence-electron chi connectivity index (χ2n) is 6.48. The fourth-order valence-electron chi connectivity index (χ4n) is 3.17. The van der Waals surface area contributed by atoms with Crippen molar-refractivity contribution in [1.82, 2.24) is 4.90 Å². The second kappa shape index (κ2) is 9.53. The average Bonchev–Trinajstić information content (AvgIpc) is 3.44. The zero-order valence-corrected chi connectivity index (χ0v) is 17.2. The number of nitrogens with one attached hydrogen (secondary N) is 1. The minimum Gasteiger partial charge on any atom is -0.495 e. The van der Waals surface area contributed by atoms with Crippen molar-refractivity contribution in [1.29, 1.82) is 0 Å². The number of carbonyl (C=O) groups excluding carboxylic acids is 3. The van der Waals surface area contributed by atoms with Gasteiger partial charge >= 0.3 is 5.97 Å². The summed E-state index contributed by atoms with van der Waals surface area (Å²) in [7, 11) is 2.87. The van der Waals surface area contributed by atoms with E-state index in [0.717, 1.165) is 0 Å². The van der Waals surface area contributed by atoms with Crippen LogP contribution in [0.2, 0.25) is 5.02 Å². The number of carbonyl (C=O) groups is 3. The summed E-state index contributed by atoms with van der Waals surface area (Å²) in [6.45, 7) is -0.112. The lowest BCUT2D eigenvalue weighted by Gasteiger charge is -2.22. The first-order chi connectivity index (χ1) is 14.4. The van der Waals surface area contributed by atoms with Crippen LogP contribution in [-0.4, -0.2) is 56.1 Å². The van der Waals surface area contributed by atoms with E-state index in [1.807, 2.05) is 0 Å². The molecule has 160 valence electrons. The van der Waals surface area contributed by atoms with Crippen molar-refractivity contribution < 1.29 is 33.0 Å². The Balaban J connectivity index is 1.59. The van der Waals surface area contributed by atoms with Gasteiger partial charge in [0.25, 0.3) is 11.8 Å². The lowest BCUT2D eigenvalue weighted by atomic mass is 10.2. The molecule has 2 aromatic rings. The maximum absolute atomic E-state index is 12.5. The van der Waals surface area contributed by atoms with Gasteiger partial charge in [0.15, 0.2) is 12.4 Å². The SMILES string of the molecule is COc1cc(NC(=O)COC(=O)[C@@H]2CCCN2C(=O)c2ccco2)c(OC)cc1Cl. The summed E-state index contributed by atoms with van der Waals surface area (Å²) in [5.41, 5.74) is 0.315. The summed E-state index contributed by atoms with van der Waals surface area (Å²) in [6, 6.07) is 5.37. The highest BCUT2D eigenvalue weighted by Gasteiger charge is 2.36. The molecule has 2 amide bonds. The summed E-state index contributed by atoms with van der Waals surface area (Å²) in [5.74, 6) is -0.788. The third kappa shape index (κ3) is 4.68. The summed E-state index contributed by atoms with van der Waals surface area (Å²) in [4.78, 5) is 38.6. The normalized spacial score (nSPS) is 15.6. The highest BCUT2D eigenvalue weighted by Crippen LogP contribution is 2.35. The Hall–Kier alpha value is -3.20. The summed E-state index contributed by atoms with van der Waals surface area (Å²) in [5, 5.41) is 2.91. The molecule has 1 aromatic carbocycles. The fourth-order valence-corrected chi connectivity index (χ4v) is 3.40. The standard InChI is InChI=1S/C20H21ClN2O7/c1-27-16-10-13(17(28-2)9-12(16)21)22-18(24)11-30-20(26)14-5-3-7-23(14)19(25)15-6-4-8-29-15/h4,6,8-10,14H,3,5,7,11H2,1-2H3,(H,22,24)/t14-/m0/s1. The molecule has 1 saturated heterocycles. The van der Waals surface area contributed by atoms with Crippen LogP contribution >= 0.6 is 11.6 Å². The van der Waals surface area contributed by atoms with Gasteiger partial charge in [-0.2, -0.15) is 0 Å². The lowest BCUT2D eigenvalue weighted by molar-refractivity contribution is -0.151. The molecule has 1 aliphatic heterocycles. The van der Waals surface area contributed by atoms with Crippen LogP contribution in [0.1, 0.15) is 23.4 Å².